The molecule has 1 aliphatic rings. The molecule has 1 amide bonds. The number of carbonyl (C=O) groups is 1. The average Bonchev–Trinajstić information content (AvgIpc) is 3.54. The number of imidazole rings is 1. The van der Waals surface area contributed by atoms with Crippen molar-refractivity contribution < 1.29 is 18.0 Å². The molecule has 5 rings (SSSR count). The van der Waals surface area contributed by atoms with Crippen molar-refractivity contribution in [1.82, 2.24) is 30.5 Å². The van der Waals surface area contributed by atoms with E-state index in [-0.39, 0.29) is 16.9 Å². The zero-order valence-electron chi connectivity index (χ0n) is 19.7. The van der Waals surface area contributed by atoms with Crippen LogP contribution in [0.4, 0.5) is 24.5 Å². The normalized spacial score (nSPS) is 13.3. The number of halogens is 3. The van der Waals surface area contributed by atoms with Crippen molar-refractivity contribution in [3.8, 4) is 5.69 Å². The van der Waals surface area contributed by atoms with Gasteiger partial charge in [-0.3, -0.25) is 9.80 Å². The predicted octanol–water partition coefficient (Wildman–Crippen LogP) is 4.38. The summed E-state index contributed by atoms with van der Waals surface area (Å²) >= 11 is 0. The van der Waals surface area contributed by atoms with Crippen molar-refractivity contribution in [2.24, 2.45) is 0 Å². The van der Waals surface area contributed by atoms with E-state index in [2.05, 4.69) is 31.2 Å². The van der Waals surface area contributed by atoms with Gasteiger partial charge >= 0.3 is 6.18 Å². The maximum atomic E-state index is 13.6. The summed E-state index contributed by atoms with van der Waals surface area (Å²) < 4.78 is 42.2. The third-order valence-electron chi connectivity index (χ3n) is 5.68. The Hall–Kier alpha value is -4.71. The molecule has 0 saturated carbocycles. The van der Waals surface area contributed by atoms with Gasteiger partial charge < -0.3 is 15.3 Å². The van der Waals surface area contributed by atoms with Gasteiger partial charge in [-0.1, -0.05) is 6.07 Å². The van der Waals surface area contributed by atoms with E-state index in [0.717, 1.165) is 29.0 Å². The lowest BCUT2D eigenvalue weighted by molar-refractivity contribution is -0.137. The minimum Gasteiger partial charge on any atom is -0.322 e. The Balaban J connectivity index is 1.43. The van der Waals surface area contributed by atoms with E-state index in [1.807, 2.05) is 6.92 Å². The van der Waals surface area contributed by atoms with E-state index < -0.39 is 17.6 Å². The van der Waals surface area contributed by atoms with E-state index in [1.165, 1.54) is 23.3 Å². The van der Waals surface area contributed by atoms with Crippen LogP contribution in [0.3, 0.4) is 0 Å². The standard InChI is InChI=1S/C25H21F3N8O/c1-15-3-4-17(5-23(15)36-12-22(33-34-36)18-9-29-13-30-10-18)24(37)32-20-6-19(25(26,27)28)7-21(8-20)35-11-16(2)31-14-35/h3-14,33-34H,1-2H3,(H,32,37). The fourth-order valence-corrected chi connectivity index (χ4v) is 3.80. The highest BCUT2D eigenvalue weighted by molar-refractivity contribution is 6.05. The Labute approximate surface area is 209 Å². The number of nitrogens with zero attached hydrogens (tertiary/aromatic N) is 5. The van der Waals surface area contributed by atoms with Crippen molar-refractivity contribution in [3.63, 3.8) is 0 Å². The maximum absolute atomic E-state index is 13.6. The average molecular weight is 506 g/mol. The van der Waals surface area contributed by atoms with Crippen LogP contribution in [0, 0.1) is 13.8 Å². The Morgan fingerprint density at radius 3 is 2.54 bits per heavy atom. The highest BCUT2D eigenvalue weighted by Crippen LogP contribution is 2.33. The van der Waals surface area contributed by atoms with Crippen molar-refractivity contribution >= 4 is 23.0 Å². The number of hydrazine groups is 2. The molecule has 12 heteroatoms. The lowest BCUT2D eigenvalue weighted by Crippen LogP contribution is -2.36. The van der Waals surface area contributed by atoms with Crippen LogP contribution in [0.5, 0.6) is 0 Å². The first-order valence-corrected chi connectivity index (χ1v) is 11.1. The molecule has 0 bridgehead atoms. The Morgan fingerprint density at radius 2 is 1.84 bits per heavy atom. The lowest BCUT2D eigenvalue weighted by atomic mass is 10.1. The second-order valence-electron chi connectivity index (χ2n) is 8.42. The maximum Gasteiger partial charge on any atom is 0.416 e. The molecule has 2 aromatic heterocycles. The van der Waals surface area contributed by atoms with E-state index in [4.69, 9.17) is 0 Å². The van der Waals surface area contributed by atoms with Gasteiger partial charge in [0.1, 0.15) is 6.33 Å². The van der Waals surface area contributed by atoms with Crippen molar-refractivity contribution in [3.05, 3.63) is 102 Å². The van der Waals surface area contributed by atoms with E-state index in [9.17, 15) is 18.0 Å². The SMILES string of the molecule is Cc1cn(-c2cc(NC(=O)c3ccc(C)c(N4C=C(c5cncnc5)NN4)c3)cc(C(F)(F)F)c2)cn1. The summed E-state index contributed by atoms with van der Waals surface area (Å²) in [7, 11) is 0. The number of rotatable bonds is 5. The third-order valence-corrected chi connectivity index (χ3v) is 5.68. The lowest BCUT2D eigenvalue weighted by Gasteiger charge is -2.19. The summed E-state index contributed by atoms with van der Waals surface area (Å²) in [6.07, 6.45) is 4.96. The predicted molar refractivity (Wildman–Crippen MR) is 131 cm³/mol. The molecular formula is C25H21F3N8O. The van der Waals surface area contributed by atoms with Gasteiger partial charge in [-0.25, -0.2) is 15.0 Å². The van der Waals surface area contributed by atoms with Crippen molar-refractivity contribution in [2.75, 3.05) is 10.3 Å². The highest BCUT2D eigenvalue weighted by Gasteiger charge is 2.31. The number of carbonyl (C=O) groups excluding carboxylic acids is 1. The van der Waals surface area contributed by atoms with E-state index in [1.54, 1.807) is 54.9 Å². The second kappa shape index (κ2) is 9.39. The van der Waals surface area contributed by atoms with E-state index >= 15 is 0 Å². The summed E-state index contributed by atoms with van der Waals surface area (Å²) in [5, 5.41) is 4.29. The fourth-order valence-electron chi connectivity index (χ4n) is 3.80. The van der Waals surface area contributed by atoms with Crippen LogP contribution >= 0.6 is 0 Å². The van der Waals surface area contributed by atoms with Gasteiger partial charge in [0.25, 0.3) is 5.91 Å². The smallest absolute Gasteiger partial charge is 0.322 e. The summed E-state index contributed by atoms with van der Waals surface area (Å²) in [4.78, 5) is 25.2. The monoisotopic (exact) mass is 506 g/mol. The summed E-state index contributed by atoms with van der Waals surface area (Å²) in [5.41, 5.74) is 9.32. The minimum absolute atomic E-state index is 0.00975. The Morgan fingerprint density at radius 1 is 1.05 bits per heavy atom. The van der Waals surface area contributed by atoms with Crippen LogP contribution < -0.4 is 21.3 Å². The molecule has 3 heterocycles. The molecule has 1 aliphatic heterocycles. The minimum atomic E-state index is -4.59. The molecule has 0 unspecified atom stereocenters. The molecule has 0 fully saturated rings. The number of anilines is 2. The number of hydrogen-bond acceptors (Lipinski definition) is 7. The molecule has 4 aromatic rings. The molecule has 3 N–H and O–H groups in total. The number of hydrogen-bond donors (Lipinski definition) is 3. The first-order chi connectivity index (χ1) is 17.7. The summed E-state index contributed by atoms with van der Waals surface area (Å²) in [6, 6.07) is 8.40. The van der Waals surface area contributed by atoms with Crippen molar-refractivity contribution in [2.45, 2.75) is 20.0 Å². The molecule has 9 nitrogen and oxygen atoms in total. The number of benzene rings is 2. The first-order valence-electron chi connectivity index (χ1n) is 11.1. The quantitative estimate of drug-likeness (QED) is 0.370. The second-order valence-corrected chi connectivity index (χ2v) is 8.42. The van der Waals surface area contributed by atoms with Gasteiger partial charge in [0.05, 0.1) is 29.0 Å². The van der Waals surface area contributed by atoms with E-state index in [0.29, 0.717) is 11.4 Å². The zero-order valence-corrected chi connectivity index (χ0v) is 19.7. The molecule has 0 aliphatic carbocycles. The third kappa shape index (κ3) is 5.14. The highest BCUT2D eigenvalue weighted by atomic mass is 19.4. The van der Waals surface area contributed by atoms with Crippen LogP contribution in [-0.4, -0.2) is 25.4 Å². The summed E-state index contributed by atoms with van der Waals surface area (Å²) in [5.74, 6) is -0.554. The molecule has 0 spiro atoms. The Kier molecular flexibility index (Phi) is 6.09. The van der Waals surface area contributed by atoms with Gasteiger partial charge in [-0.2, -0.15) is 13.2 Å². The van der Waals surface area contributed by atoms with Crippen LogP contribution in [0.15, 0.2) is 73.8 Å². The van der Waals surface area contributed by atoms with Gasteiger partial charge in [-0.15, -0.1) is 5.53 Å². The summed E-state index contributed by atoms with van der Waals surface area (Å²) in [6.45, 7) is 3.61. The fraction of sp³-hybridized carbons (Fsp3) is 0.120. The van der Waals surface area contributed by atoms with Gasteiger partial charge in [0.15, 0.2) is 0 Å². The zero-order chi connectivity index (χ0) is 26.2. The van der Waals surface area contributed by atoms with Gasteiger partial charge in [0, 0.05) is 47.3 Å². The number of alkyl halides is 3. The van der Waals surface area contributed by atoms with Gasteiger partial charge in [0.2, 0.25) is 0 Å². The number of amides is 1. The number of aryl methyl sites for hydroxylation is 2. The molecule has 0 radical (unpaired) electrons. The van der Waals surface area contributed by atoms with Crippen LogP contribution in [0.1, 0.15) is 32.7 Å². The van der Waals surface area contributed by atoms with Crippen molar-refractivity contribution in [1.29, 1.82) is 0 Å². The number of nitrogens with one attached hydrogen (secondary N) is 3. The molecule has 0 atom stereocenters. The van der Waals surface area contributed by atoms with Crippen LogP contribution in [0.2, 0.25) is 0 Å². The van der Waals surface area contributed by atoms with Crippen LogP contribution in [-0.2, 0) is 6.18 Å². The largest absolute Gasteiger partial charge is 0.416 e. The number of aromatic nitrogens is 4. The van der Waals surface area contributed by atoms with Gasteiger partial charge in [-0.05, 0) is 49.7 Å². The molecular weight excluding hydrogens is 485 g/mol. The molecule has 37 heavy (non-hydrogen) atoms. The Bertz CT molecular complexity index is 1500. The molecule has 2 aromatic carbocycles. The first kappa shape index (κ1) is 24.0. The molecule has 188 valence electrons. The topological polar surface area (TPSA) is 100 Å². The van der Waals surface area contributed by atoms with Crippen LogP contribution in [0.25, 0.3) is 11.4 Å². The molecule has 0 saturated heterocycles.